The molecule has 20 heavy (non-hydrogen) atoms. The first-order valence-electron chi connectivity index (χ1n) is 5.86. The average Bonchev–Trinajstić information content (AvgIpc) is 2.96. The van der Waals surface area contributed by atoms with Crippen LogP contribution in [0.25, 0.3) is 6.08 Å². The quantitative estimate of drug-likeness (QED) is 0.655. The zero-order chi connectivity index (χ0) is 14.4. The summed E-state index contributed by atoms with van der Waals surface area (Å²) in [5, 5.41) is 10.5. The number of hydrogen-bond donors (Lipinski definition) is 1. The molecule has 0 radical (unpaired) electrons. The smallest absolute Gasteiger partial charge is 0.341 e. The van der Waals surface area contributed by atoms with Gasteiger partial charge in [0.05, 0.1) is 0 Å². The van der Waals surface area contributed by atoms with Crippen LogP contribution in [0.5, 0.6) is 5.75 Å². The van der Waals surface area contributed by atoms with Gasteiger partial charge in [-0.1, -0.05) is 18.2 Å². The second kappa shape index (κ2) is 6.68. The van der Waals surface area contributed by atoms with E-state index < -0.39 is 12.6 Å². The first-order valence-corrected chi connectivity index (χ1v) is 6.74. The number of ketones is 1. The van der Waals surface area contributed by atoms with E-state index in [1.807, 2.05) is 17.5 Å². The highest BCUT2D eigenvalue weighted by molar-refractivity contribution is 7.10. The van der Waals surface area contributed by atoms with E-state index in [1.54, 1.807) is 35.6 Å². The Morgan fingerprint density at radius 3 is 2.80 bits per heavy atom. The van der Waals surface area contributed by atoms with Gasteiger partial charge >= 0.3 is 5.97 Å². The first-order chi connectivity index (χ1) is 9.65. The van der Waals surface area contributed by atoms with Crippen molar-refractivity contribution in [2.24, 2.45) is 0 Å². The number of carbonyl (C=O) groups excluding carboxylic acids is 1. The molecule has 0 aliphatic rings. The van der Waals surface area contributed by atoms with Crippen molar-refractivity contribution in [3.8, 4) is 5.75 Å². The first kappa shape index (κ1) is 14.0. The Bertz CT molecular complexity index is 629. The van der Waals surface area contributed by atoms with Crippen molar-refractivity contribution in [3.63, 3.8) is 0 Å². The van der Waals surface area contributed by atoms with Crippen LogP contribution in [0.3, 0.4) is 0 Å². The molecule has 102 valence electrons. The van der Waals surface area contributed by atoms with Crippen LogP contribution >= 0.6 is 11.3 Å². The third kappa shape index (κ3) is 4.07. The fourth-order valence-electron chi connectivity index (χ4n) is 1.52. The Morgan fingerprint density at radius 2 is 2.10 bits per heavy atom. The van der Waals surface area contributed by atoms with Crippen molar-refractivity contribution >= 4 is 29.2 Å². The van der Waals surface area contributed by atoms with Gasteiger partial charge in [-0.3, -0.25) is 4.79 Å². The number of carboxylic acid groups (broad SMARTS) is 1. The molecule has 2 rings (SSSR count). The predicted molar refractivity (Wildman–Crippen MR) is 77.3 cm³/mol. The van der Waals surface area contributed by atoms with E-state index in [0.29, 0.717) is 11.3 Å². The number of carbonyl (C=O) groups is 2. The zero-order valence-electron chi connectivity index (χ0n) is 10.5. The highest BCUT2D eigenvalue weighted by Crippen LogP contribution is 2.15. The summed E-state index contributed by atoms with van der Waals surface area (Å²) in [5.41, 5.74) is 0.459. The van der Waals surface area contributed by atoms with E-state index in [0.717, 1.165) is 4.88 Å². The number of hydrogen-bond acceptors (Lipinski definition) is 4. The van der Waals surface area contributed by atoms with Crippen LogP contribution in [-0.4, -0.2) is 23.5 Å². The number of allylic oxidation sites excluding steroid dienone is 1. The molecule has 1 aromatic heterocycles. The minimum atomic E-state index is -1.06. The number of rotatable bonds is 6. The maximum Gasteiger partial charge on any atom is 0.341 e. The lowest BCUT2D eigenvalue weighted by molar-refractivity contribution is -0.139. The van der Waals surface area contributed by atoms with E-state index in [1.165, 1.54) is 12.1 Å². The summed E-state index contributed by atoms with van der Waals surface area (Å²) in [7, 11) is 0. The van der Waals surface area contributed by atoms with E-state index in [9.17, 15) is 9.59 Å². The summed E-state index contributed by atoms with van der Waals surface area (Å²) in [4.78, 5) is 23.4. The summed E-state index contributed by atoms with van der Waals surface area (Å²) in [6.45, 7) is -0.428. The number of ether oxygens (including phenoxy) is 1. The molecule has 0 amide bonds. The van der Waals surface area contributed by atoms with E-state index in [-0.39, 0.29) is 5.78 Å². The third-order valence-electron chi connectivity index (χ3n) is 2.42. The number of carboxylic acids is 1. The standard InChI is InChI=1S/C15H12O4S/c16-14(7-6-13-5-2-8-20-13)11-3-1-4-12(9-11)19-10-15(17)18/h1-9H,10H2,(H,17,18)/b7-6+. The van der Waals surface area contributed by atoms with Gasteiger partial charge in [-0.2, -0.15) is 0 Å². The minimum Gasteiger partial charge on any atom is -0.482 e. The van der Waals surface area contributed by atoms with Gasteiger partial charge in [-0.15, -0.1) is 11.3 Å². The summed E-state index contributed by atoms with van der Waals surface area (Å²) >= 11 is 1.55. The lowest BCUT2D eigenvalue weighted by Gasteiger charge is -2.04. The molecule has 0 saturated heterocycles. The number of aliphatic carboxylic acids is 1. The Labute approximate surface area is 119 Å². The van der Waals surface area contributed by atoms with Gasteiger partial charge in [0.15, 0.2) is 12.4 Å². The molecule has 1 heterocycles. The molecule has 0 bridgehead atoms. The van der Waals surface area contributed by atoms with Crippen LogP contribution in [0.2, 0.25) is 0 Å². The predicted octanol–water partition coefficient (Wildman–Crippen LogP) is 3.11. The van der Waals surface area contributed by atoms with Crippen molar-refractivity contribution < 1.29 is 19.4 Å². The van der Waals surface area contributed by atoms with Crippen molar-refractivity contribution in [2.75, 3.05) is 6.61 Å². The molecule has 5 heteroatoms. The maximum absolute atomic E-state index is 12.0. The Kier molecular flexibility index (Phi) is 4.68. The highest BCUT2D eigenvalue weighted by atomic mass is 32.1. The fraction of sp³-hybridized carbons (Fsp3) is 0.0667. The normalized spacial score (nSPS) is 10.6. The summed E-state index contributed by atoms with van der Waals surface area (Å²) in [6.07, 6.45) is 3.24. The largest absolute Gasteiger partial charge is 0.482 e. The van der Waals surface area contributed by atoms with Gasteiger partial charge in [-0.05, 0) is 35.7 Å². The lowest BCUT2D eigenvalue weighted by Crippen LogP contribution is -2.09. The molecule has 0 saturated carbocycles. The van der Waals surface area contributed by atoms with Crippen molar-refractivity contribution in [3.05, 3.63) is 58.3 Å². The van der Waals surface area contributed by atoms with Gasteiger partial charge in [0.2, 0.25) is 0 Å². The molecule has 1 aromatic carbocycles. The van der Waals surface area contributed by atoms with Crippen molar-refractivity contribution in [2.45, 2.75) is 0 Å². The third-order valence-corrected chi connectivity index (χ3v) is 3.26. The molecular weight excluding hydrogens is 276 g/mol. The van der Waals surface area contributed by atoms with Crippen LogP contribution in [0.15, 0.2) is 47.9 Å². The van der Waals surface area contributed by atoms with Crippen LogP contribution in [0, 0.1) is 0 Å². The summed E-state index contributed by atoms with van der Waals surface area (Å²) < 4.78 is 5.03. The van der Waals surface area contributed by atoms with Crippen molar-refractivity contribution in [1.82, 2.24) is 0 Å². The SMILES string of the molecule is O=C(O)COc1cccc(C(=O)/C=C/c2cccs2)c1. The molecule has 0 unspecified atom stereocenters. The van der Waals surface area contributed by atoms with E-state index in [2.05, 4.69) is 0 Å². The number of thiophene rings is 1. The molecule has 1 N–H and O–H groups in total. The van der Waals surface area contributed by atoms with Gasteiger partial charge in [0.25, 0.3) is 0 Å². The van der Waals surface area contributed by atoms with E-state index in [4.69, 9.17) is 9.84 Å². The lowest BCUT2D eigenvalue weighted by atomic mass is 10.1. The molecule has 0 aliphatic heterocycles. The molecular formula is C15H12O4S. The molecule has 0 atom stereocenters. The van der Waals surface area contributed by atoms with Crippen molar-refractivity contribution in [1.29, 1.82) is 0 Å². The summed E-state index contributed by atoms with van der Waals surface area (Å²) in [6, 6.07) is 10.3. The zero-order valence-corrected chi connectivity index (χ0v) is 11.3. The van der Waals surface area contributed by atoms with Gasteiger partial charge in [0.1, 0.15) is 5.75 Å². The Hall–Kier alpha value is -2.40. The Morgan fingerprint density at radius 1 is 1.25 bits per heavy atom. The van der Waals surface area contributed by atoms with Crippen LogP contribution in [-0.2, 0) is 4.79 Å². The van der Waals surface area contributed by atoms with Crippen LogP contribution in [0.1, 0.15) is 15.2 Å². The Balaban J connectivity index is 2.06. The van der Waals surface area contributed by atoms with Gasteiger partial charge in [-0.25, -0.2) is 4.79 Å². The topological polar surface area (TPSA) is 63.6 Å². The van der Waals surface area contributed by atoms with Gasteiger partial charge in [0, 0.05) is 10.4 Å². The van der Waals surface area contributed by atoms with Crippen LogP contribution < -0.4 is 4.74 Å². The number of benzene rings is 1. The second-order valence-electron chi connectivity index (χ2n) is 3.92. The molecule has 0 spiro atoms. The second-order valence-corrected chi connectivity index (χ2v) is 4.90. The highest BCUT2D eigenvalue weighted by Gasteiger charge is 2.05. The van der Waals surface area contributed by atoms with E-state index >= 15 is 0 Å². The minimum absolute atomic E-state index is 0.154. The molecule has 0 fully saturated rings. The van der Waals surface area contributed by atoms with Gasteiger partial charge < -0.3 is 9.84 Å². The molecule has 0 aliphatic carbocycles. The molecule has 4 nitrogen and oxygen atoms in total. The fourth-order valence-corrected chi connectivity index (χ4v) is 2.14. The summed E-state index contributed by atoms with van der Waals surface area (Å²) in [5.74, 6) is -0.846. The maximum atomic E-state index is 12.0. The van der Waals surface area contributed by atoms with Crippen LogP contribution in [0.4, 0.5) is 0 Å². The monoisotopic (exact) mass is 288 g/mol. The molecule has 2 aromatic rings. The average molecular weight is 288 g/mol.